The van der Waals surface area contributed by atoms with Gasteiger partial charge >= 0.3 is 0 Å². The van der Waals surface area contributed by atoms with Gasteiger partial charge in [0.05, 0.1) is 17.7 Å². The van der Waals surface area contributed by atoms with Gasteiger partial charge in [0.25, 0.3) is 0 Å². The molecule has 1 atom stereocenters. The number of halogens is 1. The van der Waals surface area contributed by atoms with Crippen LogP contribution >= 0.6 is 0 Å². The molecule has 0 saturated carbocycles. The summed E-state index contributed by atoms with van der Waals surface area (Å²) in [4.78, 5) is 11.7. The van der Waals surface area contributed by atoms with Crippen molar-refractivity contribution < 1.29 is 13.9 Å². The molecule has 1 aromatic rings. The number of rotatable bonds is 5. The molecule has 0 aliphatic carbocycles. The number of carbonyl (C=O) groups is 1. The second kappa shape index (κ2) is 7.01. The topological polar surface area (TPSA) is 62.1 Å². The molecule has 1 unspecified atom stereocenters. The quantitative estimate of drug-likeness (QED) is 0.897. The molecule has 1 heterocycles. The zero-order chi connectivity index (χ0) is 14.4. The van der Waals surface area contributed by atoms with Crippen LogP contribution in [0.5, 0.6) is 0 Å². The maximum atomic E-state index is 13.6. The number of nitrogens with zero attached hydrogens (tertiary/aromatic N) is 1. The summed E-state index contributed by atoms with van der Waals surface area (Å²) in [5, 5.41) is 11.3. The van der Waals surface area contributed by atoms with Crippen LogP contribution in [0.4, 0.5) is 4.39 Å². The summed E-state index contributed by atoms with van der Waals surface area (Å²) in [6, 6.07) is 6.11. The minimum Gasteiger partial charge on any atom is -0.378 e. The molecule has 0 bridgehead atoms. The first-order valence-corrected chi connectivity index (χ1v) is 6.76. The fraction of sp³-hybridized carbons (Fsp3) is 0.467. The number of amides is 1. The molecule has 1 aromatic carbocycles. The van der Waals surface area contributed by atoms with Crippen molar-refractivity contribution in [2.75, 3.05) is 6.61 Å². The summed E-state index contributed by atoms with van der Waals surface area (Å²) >= 11 is 0. The van der Waals surface area contributed by atoms with E-state index in [0.717, 1.165) is 19.4 Å². The predicted molar refractivity (Wildman–Crippen MR) is 71.2 cm³/mol. The van der Waals surface area contributed by atoms with Gasteiger partial charge in [-0.05, 0) is 31.4 Å². The lowest BCUT2D eigenvalue weighted by molar-refractivity contribution is -0.121. The highest BCUT2D eigenvalue weighted by atomic mass is 19.1. The smallest absolute Gasteiger partial charge is 0.220 e. The number of hydrogen-bond donors (Lipinski definition) is 1. The molecule has 0 aromatic heterocycles. The Bertz CT molecular complexity index is 519. The molecule has 20 heavy (non-hydrogen) atoms. The van der Waals surface area contributed by atoms with Crippen molar-refractivity contribution in [3.63, 3.8) is 0 Å². The summed E-state index contributed by atoms with van der Waals surface area (Å²) in [5.74, 6) is -0.576. The number of ether oxygens (including phenoxy) is 1. The zero-order valence-corrected chi connectivity index (χ0v) is 11.2. The lowest BCUT2D eigenvalue weighted by atomic mass is 10.1. The fourth-order valence-corrected chi connectivity index (χ4v) is 2.21. The Morgan fingerprint density at radius 1 is 1.55 bits per heavy atom. The number of carbonyl (C=O) groups excluding carboxylic acids is 1. The van der Waals surface area contributed by atoms with Gasteiger partial charge < -0.3 is 10.1 Å². The van der Waals surface area contributed by atoms with Gasteiger partial charge in [0, 0.05) is 25.1 Å². The van der Waals surface area contributed by atoms with Gasteiger partial charge in [-0.3, -0.25) is 4.79 Å². The molecule has 1 aliphatic rings. The maximum Gasteiger partial charge on any atom is 0.220 e. The van der Waals surface area contributed by atoms with E-state index in [4.69, 9.17) is 10.00 Å². The normalized spacial score (nSPS) is 17.7. The first-order valence-electron chi connectivity index (χ1n) is 6.76. The molecular weight excluding hydrogens is 259 g/mol. The number of nitrogens with one attached hydrogen (secondary N) is 1. The minimum absolute atomic E-state index is 0.107. The summed E-state index contributed by atoms with van der Waals surface area (Å²) in [7, 11) is 0. The van der Waals surface area contributed by atoms with Crippen molar-refractivity contribution >= 4 is 5.91 Å². The van der Waals surface area contributed by atoms with Gasteiger partial charge in [0.1, 0.15) is 5.82 Å². The highest BCUT2D eigenvalue weighted by molar-refractivity contribution is 5.75. The van der Waals surface area contributed by atoms with E-state index in [1.165, 1.54) is 18.2 Å². The maximum absolute atomic E-state index is 13.6. The molecule has 0 radical (unpaired) electrons. The van der Waals surface area contributed by atoms with Crippen molar-refractivity contribution in [2.45, 2.75) is 38.3 Å². The molecule has 0 spiro atoms. The highest BCUT2D eigenvalue weighted by Gasteiger charge is 2.16. The first-order chi connectivity index (χ1) is 9.69. The van der Waals surface area contributed by atoms with Crippen LogP contribution in [-0.2, 0) is 16.1 Å². The molecule has 5 heteroatoms. The van der Waals surface area contributed by atoms with Crippen LogP contribution < -0.4 is 5.32 Å². The van der Waals surface area contributed by atoms with Crippen LogP contribution in [0, 0.1) is 17.1 Å². The Kier molecular flexibility index (Phi) is 5.08. The highest BCUT2D eigenvalue weighted by Crippen LogP contribution is 2.16. The molecule has 1 saturated heterocycles. The summed E-state index contributed by atoms with van der Waals surface area (Å²) in [5.41, 5.74) is 0.658. The SMILES string of the molecule is N#Cc1ccc(CNC(=O)CCC2CCCO2)c(F)c1. The van der Waals surface area contributed by atoms with E-state index in [2.05, 4.69) is 5.32 Å². The summed E-state index contributed by atoms with van der Waals surface area (Å²) < 4.78 is 19.0. The average molecular weight is 276 g/mol. The summed E-state index contributed by atoms with van der Waals surface area (Å²) in [6.45, 7) is 0.921. The van der Waals surface area contributed by atoms with Crippen molar-refractivity contribution in [3.05, 3.63) is 35.1 Å². The van der Waals surface area contributed by atoms with Gasteiger partial charge in [-0.2, -0.15) is 5.26 Å². The molecule has 1 amide bonds. The van der Waals surface area contributed by atoms with Gasteiger partial charge in [-0.25, -0.2) is 4.39 Å². The predicted octanol–water partition coefficient (Wildman–Crippen LogP) is 2.27. The van der Waals surface area contributed by atoms with Crippen molar-refractivity contribution in [1.82, 2.24) is 5.32 Å². The third kappa shape index (κ3) is 4.04. The van der Waals surface area contributed by atoms with Crippen molar-refractivity contribution in [1.29, 1.82) is 5.26 Å². The second-order valence-electron chi connectivity index (χ2n) is 4.87. The Labute approximate surface area is 117 Å². The molecule has 1 fully saturated rings. The molecule has 106 valence electrons. The van der Waals surface area contributed by atoms with E-state index in [9.17, 15) is 9.18 Å². The van der Waals surface area contributed by atoms with E-state index in [0.29, 0.717) is 18.4 Å². The van der Waals surface area contributed by atoms with Crippen molar-refractivity contribution in [2.24, 2.45) is 0 Å². The minimum atomic E-state index is -0.469. The molecular formula is C15H17FN2O2. The van der Waals surface area contributed by atoms with Gasteiger partial charge in [0.15, 0.2) is 0 Å². The van der Waals surface area contributed by atoms with Crippen LogP contribution in [0.25, 0.3) is 0 Å². The zero-order valence-electron chi connectivity index (χ0n) is 11.2. The van der Waals surface area contributed by atoms with Gasteiger partial charge in [0.2, 0.25) is 5.91 Å². The van der Waals surface area contributed by atoms with Crippen LogP contribution in [0.2, 0.25) is 0 Å². The average Bonchev–Trinajstić information content (AvgIpc) is 2.97. The lowest BCUT2D eigenvalue weighted by Crippen LogP contribution is -2.24. The Hall–Kier alpha value is -1.93. The van der Waals surface area contributed by atoms with Gasteiger partial charge in [-0.15, -0.1) is 0 Å². The van der Waals surface area contributed by atoms with Crippen LogP contribution in [0.1, 0.15) is 36.8 Å². The van der Waals surface area contributed by atoms with E-state index in [1.54, 1.807) is 0 Å². The largest absolute Gasteiger partial charge is 0.378 e. The van der Waals surface area contributed by atoms with E-state index in [1.807, 2.05) is 6.07 Å². The standard InChI is InChI=1S/C15H17FN2O2/c16-14-8-11(9-17)3-4-12(14)10-18-15(19)6-5-13-2-1-7-20-13/h3-4,8,13H,1-2,5-7,10H2,(H,18,19). The van der Waals surface area contributed by atoms with Crippen LogP contribution in [0.3, 0.4) is 0 Å². The third-order valence-electron chi connectivity index (χ3n) is 3.38. The van der Waals surface area contributed by atoms with E-state index in [-0.39, 0.29) is 24.1 Å². The molecule has 1 aliphatic heterocycles. The Morgan fingerprint density at radius 2 is 2.40 bits per heavy atom. The first kappa shape index (κ1) is 14.5. The molecule has 1 N–H and O–H groups in total. The lowest BCUT2D eigenvalue weighted by Gasteiger charge is -2.10. The van der Waals surface area contributed by atoms with Crippen LogP contribution in [0.15, 0.2) is 18.2 Å². The number of nitriles is 1. The van der Waals surface area contributed by atoms with Crippen LogP contribution in [-0.4, -0.2) is 18.6 Å². The van der Waals surface area contributed by atoms with Crippen molar-refractivity contribution in [3.8, 4) is 6.07 Å². The van der Waals surface area contributed by atoms with E-state index >= 15 is 0 Å². The Balaban J connectivity index is 1.76. The molecule has 4 nitrogen and oxygen atoms in total. The van der Waals surface area contributed by atoms with E-state index < -0.39 is 5.82 Å². The summed E-state index contributed by atoms with van der Waals surface area (Å²) in [6.07, 6.45) is 3.36. The monoisotopic (exact) mass is 276 g/mol. The Morgan fingerprint density at radius 3 is 3.05 bits per heavy atom. The third-order valence-corrected chi connectivity index (χ3v) is 3.38. The van der Waals surface area contributed by atoms with Gasteiger partial charge in [-0.1, -0.05) is 6.07 Å². The number of benzene rings is 1. The fourth-order valence-electron chi connectivity index (χ4n) is 2.21. The molecule has 2 rings (SSSR count). The number of hydrogen-bond acceptors (Lipinski definition) is 3. The second-order valence-corrected chi connectivity index (χ2v) is 4.87.